The Hall–Kier alpha value is -0.730. The third kappa shape index (κ3) is 2.27. The lowest BCUT2D eigenvalue weighted by atomic mass is 9.77. The SMILES string of the molecule is CCNC(=O)N1CCC2(CCCC2)CC1. The molecule has 0 unspecified atom stereocenters. The number of nitrogens with zero attached hydrogens (tertiary/aromatic N) is 1. The van der Waals surface area contributed by atoms with E-state index in [-0.39, 0.29) is 6.03 Å². The number of rotatable bonds is 1. The van der Waals surface area contributed by atoms with Crippen LogP contribution in [0, 0.1) is 5.41 Å². The third-order valence-electron chi connectivity index (χ3n) is 4.10. The first kappa shape index (κ1) is 10.8. The molecule has 2 fully saturated rings. The Labute approximate surface area is 92.2 Å². The van der Waals surface area contributed by atoms with Crippen molar-refractivity contribution >= 4 is 6.03 Å². The third-order valence-corrected chi connectivity index (χ3v) is 4.10. The lowest BCUT2D eigenvalue weighted by Crippen LogP contribution is -2.46. The van der Waals surface area contributed by atoms with Crippen molar-refractivity contribution < 1.29 is 4.79 Å². The number of piperidine rings is 1. The number of carbonyl (C=O) groups is 1. The van der Waals surface area contributed by atoms with Crippen LogP contribution >= 0.6 is 0 Å². The number of nitrogens with one attached hydrogen (secondary N) is 1. The molecule has 1 aliphatic carbocycles. The Morgan fingerprint density at radius 3 is 2.33 bits per heavy atom. The van der Waals surface area contributed by atoms with Gasteiger partial charge in [-0.25, -0.2) is 4.79 Å². The minimum atomic E-state index is 0.130. The number of hydrogen-bond acceptors (Lipinski definition) is 1. The summed E-state index contributed by atoms with van der Waals surface area (Å²) >= 11 is 0. The fraction of sp³-hybridized carbons (Fsp3) is 0.917. The maximum atomic E-state index is 11.6. The zero-order valence-corrected chi connectivity index (χ0v) is 9.72. The number of carbonyl (C=O) groups excluding carboxylic acids is 1. The number of hydrogen-bond donors (Lipinski definition) is 1. The van der Waals surface area contributed by atoms with Crippen LogP contribution in [0.15, 0.2) is 0 Å². The van der Waals surface area contributed by atoms with Gasteiger partial charge in [-0.1, -0.05) is 12.8 Å². The van der Waals surface area contributed by atoms with Gasteiger partial charge in [-0.3, -0.25) is 0 Å². The van der Waals surface area contributed by atoms with Crippen molar-refractivity contribution in [2.24, 2.45) is 5.41 Å². The molecule has 2 aliphatic rings. The van der Waals surface area contributed by atoms with Gasteiger partial charge in [0.1, 0.15) is 0 Å². The van der Waals surface area contributed by atoms with Crippen LogP contribution in [0.2, 0.25) is 0 Å². The Morgan fingerprint density at radius 2 is 1.80 bits per heavy atom. The van der Waals surface area contributed by atoms with Crippen LogP contribution in [0.5, 0.6) is 0 Å². The van der Waals surface area contributed by atoms with Gasteiger partial charge in [0, 0.05) is 19.6 Å². The molecule has 1 heterocycles. The highest BCUT2D eigenvalue weighted by Gasteiger charge is 2.37. The average Bonchev–Trinajstić information content (AvgIpc) is 2.68. The van der Waals surface area contributed by atoms with Crippen molar-refractivity contribution in [2.75, 3.05) is 19.6 Å². The highest BCUT2D eigenvalue weighted by molar-refractivity contribution is 5.74. The van der Waals surface area contributed by atoms with Gasteiger partial charge in [-0.05, 0) is 38.0 Å². The number of urea groups is 1. The van der Waals surface area contributed by atoms with Crippen LogP contribution in [-0.4, -0.2) is 30.6 Å². The van der Waals surface area contributed by atoms with E-state index in [1.165, 1.54) is 38.5 Å². The molecule has 1 aliphatic heterocycles. The van der Waals surface area contributed by atoms with Crippen LogP contribution in [0.4, 0.5) is 4.79 Å². The van der Waals surface area contributed by atoms with E-state index in [1.807, 2.05) is 11.8 Å². The van der Waals surface area contributed by atoms with Gasteiger partial charge in [-0.2, -0.15) is 0 Å². The summed E-state index contributed by atoms with van der Waals surface area (Å²) in [7, 11) is 0. The minimum absolute atomic E-state index is 0.130. The van der Waals surface area contributed by atoms with Gasteiger partial charge in [-0.15, -0.1) is 0 Å². The van der Waals surface area contributed by atoms with E-state index in [2.05, 4.69) is 5.32 Å². The highest BCUT2D eigenvalue weighted by Crippen LogP contribution is 2.45. The van der Waals surface area contributed by atoms with Gasteiger partial charge in [0.25, 0.3) is 0 Å². The molecule has 0 bridgehead atoms. The topological polar surface area (TPSA) is 32.3 Å². The van der Waals surface area contributed by atoms with E-state index < -0.39 is 0 Å². The van der Waals surface area contributed by atoms with E-state index in [9.17, 15) is 4.79 Å². The Kier molecular flexibility index (Phi) is 3.17. The Morgan fingerprint density at radius 1 is 1.20 bits per heavy atom. The molecule has 3 nitrogen and oxygen atoms in total. The summed E-state index contributed by atoms with van der Waals surface area (Å²) in [5, 5.41) is 2.88. The van der Waals surface area contributed by atoms with Crippen LogP contribution in [0.3, 0.4) is 0 Å². The quantitative estimate of drug-likeness (QED) is 0.708. The largest absolute Gasteiger partial charge is 0.338 e. The molecule has 2 amide bonds. The zero-order chi connectivity index (χ0) is 10.7. The van der Waals surface area contributed by atoms with Crippen molar-refractivity contribution in [3.63, 3.8) is 0 Å². The second kappa shape index (κ2) is 4.42. The Balaban J connectivity index is 1.83. The van der Waals surface area contributed by atoms with E-state index >= 15 is 0 Å². The molecule has 0 atom stereocenters. The normalized spacial score (nSPS) is 24.5. The second-order valence-corrected chi connectivity index (χ2v) is 5.03. The molecule has 0 radical (unpaired) electrons. The highest BCUT2D eigenvalue weighted by atomic mass is 16.2. The number of likely N-dealkylation sites (tertiary alicyclic amines) is 1. The molecule has 3 heteroatoms. The second-order valence-electron chi connectivity index (χ2n) is 5.03. The molecular weight excluding hydrogens is 188 g/mol. The molecule has 0 aromatic rings. The summed E-state index contributed by atoms with van der Waals surface area (Å²) in [4.78, 5) is 13.6. The molecule has 1 saturated carbocycles. The smallest absolute Gasteiger partial charge is 0.317 e. The molecule has 15 heavy (non-hydrogen) atoms. The van der Waals surface area contributed by atoms with Crippen LogP contribution in [-0.2, 0) is 0 Å². The maximum absolute atomic E-state index is 11.6. The summed E-state index contributed by atoms with van der Waals surface area (Å²) in [5.74, 6) is 0. The fourth-order valence-electron chi connectivity index (χ4n) is 3.07. The van der Waals surface area contributed by atoms with Gasteiger partial charge in [0.05, 0.1) is 0 Å². The van der Waals surface area contributed by atoms with Crippen LogP contribution in [0.25, 0.3) is 0 Å². The lowest BCUT2D eigenvalue weighted by Gasteiger charge is -2.39. The summed E-state index contributed by atoms with van der Waals surface area (Å²) in [6.45, 7) is 4.64. The van der Waals surface area contributed by atoms with Gasteiger partial charge in [0.2, 0.25) is 0 Å². The van der Waals surface area contributed by atoms with E-state index in [0.717, 1.165) is 19.6 Å². The van der Waals surface area contributed by atoms with Crippen molar-refractivity contribution in [1.82, 2.24) is 10.2 Å². The van der Waals surface area contributed by atoms with Crippen molar-refractivity contribution in [3.8, 4) is 0 Å². The van der Waals surface area contributed by atoms with Crippen LogP contribution < -0.4 is 5.32 Å². The maximum Gasteiger partial charge on any atom is 0.317 e. The first-order valence-corrected chi connectivity index (χ1v) is 6.29. The minimum Gasteiger partial charge on any atom is -0.338 e. The average molecular weight is 210 g/mol. The van der Waals surface area contributed by atoms with Gasteiger partial charge < -0.3 is 10.2 Å². The van der Waals surface area contributed by atoms with E-state index in [0.29, 0.717) is 5.41 Å². The van der Waals surface area contributed by atoms with Crippen molar-refractivity contribution in [1.29, 1.82) is 0 Å². The molecule has 0 aromatic carbocycles. The van der Waals surface area contributed by atoms with Gasteiger partial charge >= 0.3 is 6.03 Å². The summed E-state index contributed by atoms with van der Waals surface area (Å²) in [6.07, 6.45) is 8.06. The van der Waals surface area contributed by atoms with Crippen molar-refractivity contribution in [3.05, 3.63) is 0 Å². The predicted molar refractivity (Wildman–Crippen MR) is 60.8 cm³/mol. The lowest BCUT2D eigenvalue weighted by molar-refractivity contribution is 0.121. The molecule has 1 saturated heterocycles. The molecule has 1 spiro atoms. The molecule has 2 rings (SSSR count). The first-order chi connectivity index (χ1) is 7.26. The Bertz CT molecular complexity index is 224. The fourth-order valence-corrected chi connectivity index (χ4v) is 3.07. The van der Waals surface area contributed by atoms with Crippen LogP contribution in [0.1, 0.15) is 45.4 Å². The first-order valence-electron chi connectivity index (χ1n) is 6.29. The molecule has 0 aromatic heterocycles. The van der Waals surface area contributed by atoms with E-state index in [1.54, 1.807) is 0 Å². The summed E-state index contributed by atoms with van der Waals surface area (Å²) in [6, 6.07) is 0.130. The predicted octanol–water partition coefficient (Wildman–Crippen LogP) is 2.37. The molecular formula is C12H22N2O. The molecule has 1 N–H and O–H groups in total. The summed E-state index contributed by atoms with van der Waals surface area (Å²) < 4.78 is 0. The summed E-state index contributed by atoms with van der Waals surface area (Å²) in [5.41, 5.74) is 0.614. The number of amides is 2. The van der Waals surface area contributed by atoms with Crippen molar-refractivity contribution in [2.45, 2.75) is 45.4 Å². The standard InChI is InChI=1S/C12H22N2O/c1-2-13-11(15)14-9-7-12(8-10-14)5-3-4-6-12/h2-10H2,1H3,(H,13,15). The van der Waals surface area contributed by atoms with E-state index in [4.69, 9.17) is 0 Å². The monoisotopic (exact) mass is 210 g/mol. The van der Waals surface area contributed by atoms with Gasteiger partial charge in [0.15, 0.2) is 0 Å². The molecule has 86 valence electrons. The zero-order valence-electron chi connectivity index (χ0n) is 9.72.